The van der Waals surface area contributed by atoms with Gasteiger partial charge in [-0.1, -0.05) is 13.3 Å². The summed E-state index contributed by atoms with van der Waals surface area (Å²) in [4.78, 5) is 26.6. The van der Waals surface area contributed by atoms with Crippen LogP contribution in [0.15, 0.2) is 6.20 Å². The highest BCUT2D eigenvalue weighted by Gasteiger charge is 2.46. The van der Waals surface area contributed by atoms with E-state index in [0.29, 0.717) is 25.1 Å². The number of carbonyl (C=O) groups excluding carboxylic acids is 2. The molecule has 0 bridgehead atoms. The third-order valence-electron chi connectivity index (χ3n) is 4.47. The third-order valence-corrected chi connectivity index (χ3v) is 4.47. The number of H-pyrrole nitrogens is 1. The molecule has 0 aliphatic carbocycles. The van der Waals surface area contributed by atoms with E-state index in [9.17, 15) is 9.59 Å². The van der Waals surface area contributed by atoms with Gasteiger partial charge in [0.25, 0.3) is 5.91 Å². The number of nitrogens with zero attached hydrogens (tertiary/aromatic N) is 2. The van der Waals surface area contributed by atoms with Gasteiger partial charge in [-0.15, -0.1) is 0 Å². The molecule has 21 heavy (non-hydrogen) atoms. The summed E-state index contributed by atoms with van der Waals surface area (Å²) in [6, 6.07) is 0. The van der Waals surface area contributed by atoms with Crippen molar-refractivity contribution in [2.45, 2.75) is 44.6 Å². The van der Waals surface area contributed by atoms with E-state index < -0.39 is 5.60 Å². The van der Waals surface area contributed by atoms with Crippen molar-refractivity contribution in [3.05, 3.63) is 17.5 Å². The second-order valence-corrected chi connectivity index (χ2v) is 5.86. The number of piperidine rings is 1. The number of aryl methyl sites for hydroxylation is 1. The van der Waals surface area contributed by atoms with Crippen LogP contribution in [-0.4, -0.2) is 52.1 Å². The normalized spacial score (nSPS) is 25.8. The van der Waals surface area contributed by atoms with Gasteiger partial charge in [0.15, 0.2) is 5.78 Å². The molecule has 1 aromatic heterocycles. The Labute approximate surface area is 123 Å². The summed E-state index contributed by atoms with van der Waals surface area (Å²) in [6.45, 7) is 3.43. The van der Waals surface area contributed by atoms with Crippen LogP contribution in [0.5, 0.6) is 0 Å². The van der Waals surface area contributed by atoms with Gasteiger partial charge in [-0.3, -0.25) is 14.7 Å². The minimum atomic E-state index is -0.612. The van der Waals surface area contributed by atoms with Crippen LogP contribution in [0.25, 0.3) is 0 Å². The third kappa shape index (κ3) is 2.48. The molecule has 2 saturated heterocycles. The number of likely N-dealkylation sites (tertiary alicyclic amines) is 1. The van der Waals surface area contributed by atoms with Gasteiger partial charge in [0.1, 0.15) is 5.60 Å². The summed E-state index contributed by atoms with van der Waals surface area (Å²) >= 11 is 0. The lowest BCUT2D eigenvalue weighted by Gasteiger charge is -2.37. The summed E-state index contributed by atoms with van der Waals surface area (Å²) in [7, 11) is 0. The molecule has 0 radical (unpaired) electrons. The number of amides is 1. The van der Waals surface area contributed by atoms with Gasteiger partial charge in [-0.05, 0) is 19.3 Å². The van der Waals surface area contributed by atoms with Crippen LogP contribution in [0.2, 0.25) is 0 Å². The number of aromatic amines is 1. The van der Waals surface area contributed by atoms with Crippen molar-refractivity contribution < 1.29 is 14.3 Å². The molecule has 6 nitrogen and oxygen atoms in total. The van der Waals surface area contributed by atoms with E-state index in [4.69, 9.17) is 4.74 Å². The number of carbonyl (C=O) groups is 2. The first-order valence-electron chi connectivity index (χ1n) is 7.65. The van der Waals surface area contributed by atoms with E-state index in [2.05, 4.69) is 17.1 Å². The van der Waals surface area contributed by atoms with Crippen LogP contribution >= 0.6 is 0 Å². The molecule has 0 unspecified atom stereocenters. The average molecular weight is 291 g/mol. The zero-order valence-corrected chi connectivity index (χ0v) is 12.4. The zero-order chi connectivity index (χ0) is 14.9. The first-order chi connectivity index (χ1) is 10.2. The number of rotatable bonds is 3. The molecule has 3 heterocycles. The molecule has 3 rings (SSSR count). The molecule has 6 heteroatoms. The SMILES string of the molecule is CCCc1[nH]ncc1C(=O)N1CC[C@@]2(CCCO2)C(=O)C1. The molecule has 1 N–H and O–H groups in total. The maximum absolute atomic E-state index is 12.6. The largest absolute Gasteiger partial charge is 0.367 e. The Morgan fingerprint density at radius 1 is 1.52 bits per heavy atom. The monoisotopic (exact) mass is 291 g/mol. The Morgan fingerprint density at radius 2 is 2.38 bits per heavy atom. The first-order valence-corrected chi connectivity index (χ1v) is 7.65. The van der Waals surface area contributed by atoms with Crippen molar-refractivity contribution >= 4 is 11.7 Å². The number of Topliss-reactive ketones (excluding diaryl/α,β-unsaturated/α-hetero) is 1. The van der Waals surface area contributed by atoms with Crippen molar-refractivity contribution in [2.75, 3.05) is 19.7 Å². The minimum absolute atomic E-state index is 0.0418. The molecule has 2 aliphatic heterocycles. The Hall–Kier alpha value is -1.69. The van der Waals surface area contributed by atoms with Crippen molar-refractivity contribution in [1.82, 2.24) is 15.1 Å². The molecule has 1 spiro atoms. The van der Waals surface area contributed by atoms with Gasteiger partial charge in [-0.2, -0.15) is 5.10 Å². The van der Waals surface area contributed by atoms with Gasteiger partial charge < -0.3 is 9.64 Å². The van der Waals surface area contributed by atoms with Crippen LogP contribution < -0.4 is 0 Å². The van der Waals surface area contributed by atoms with Gasteiger partial charge in [0, 0.05) is 25.3 Å². The molecule has 1 aromatic rings. The Morgan fingerprint density at radius 3 is 3.05 bits per heavy atom. The molecular weight excluding hydrogens is 270 g/mol. The van der Waals surface area contributed by atoms with Crippen molar-refractivity contribution in [2.24, 2.45) is 0 Å². The number of ketones is 1. The van der Waals surface area contributed by atoms with Crippen molar-refractivity contribution in [1.29, 1.82) is 0 Å². The number of hydrogen-bond donors (Lipinski definition) is 1. The van der Waals surface area contributed by atoms with Crippen LogP contribution in [0, 0.1) is 0 Å². The fraction of sp³-hybridized carbons (Fsp3) is 0.667. The standard InChI is InChI=1S/C15H21N3O3/c1-2-4-12-11(9-16-17-12)14(20)18-7-6-15(13(19)10-18)5-3-8-21-15/h9H,2-8,10H2,1H3,(H,16,17)/t15-/m0/s1. The number of hydrogen-bond acceptors (Lipinski definition) is 4. The maximum atomic E-state index is 12.6. The zero-order valence-electron chi connectivity index (χ0n) is 12.4. The molecular formula is C15H21N3O3. The molecule has 114 valence electrons. The van der Waals surface area contributed by atoms with E-state index in [1.165, 1.54) is 0 Å². The topological polar surface area (TPSA) is 75.3 Å². The molecule has 0 saturated carbocycles. The van der Waals surface area contributed by atoms with Gasteiger partial charge in [-0.25, -0.2) is 0 Å². The van der Waals surface area contributed by atoms with E-state index >= 15 is 0 Å². The second kappa shape index (κ2) is 5.60. The lowest BCUT2D eigenvalue weighted by atomic mass is 9.87. The summed E-state index contributed by atoms with van der Waals surface area (Å²) in [5.74, 6) is -0.0615. The molecule has 2 aliphatic rings. The lowest BCUT2D eigenvalue weighted by molar-refractivity contribution is -0.144. The highest BCUT2D eigenvalue weighted by molar-refractivity contribution is 6.00. The second-order valence-electron chi connectivity index (χ2n) is 5.86. The van der Waals surface area contributed by atoms with Crippen LogP contribution in [0.4, 0.5) is 0 Å². The quantitative estimate of drug-likeness (QED) is 0.911. The minimum Gasteiger partial charge on any atom is -0.367 e. The Balaban J connectivity index is 1.72. The average Bonchev–Trinajstić information content (AvgIpc) is 3.12. The summed E-state index contributed by atoms with van der Waals surface area (Å²) in [6.07, 6.45) is 5.63. The van der Waals surface area contributed by atoms with Gasteiger partial charge in [0.05, 0.1) is 18.3 Å². The predicted molar refractivity (Wildman–Crippen MR) is 76.0 cm³/mol. The van der Waals surface area contributed by atoms with E-state index in [-0.39, 0.29) is 18.2 Å². The Kier molecular flexibility index (Phi) is 3.80. The summed E-state index contributed by atoms with van der Waals surface area (Å²) in [5, 5.41) is 6.84. The number of ether oxygens (including phenoxy) is 1. The molecule has 0 aromatic carbocycles. The van der Waals surface area contributed by atoms with Crippen LogP contribution in [0.1, 0.15) is 48.7 Å². The summed E-state index contributed by atoms with van der Waals surface area (Å²) < 4.78 is 5.67. The van der Waals surface area contributed by atoms with Crippen LogP contribution in [-0.2, 0) is 16.0 Å². The number of nitrogens with one attached hydrogen (secondary N) is 1. The summed E-state index contributed by atoms with van der Waals surface area (Å²) in [5.41, 5.74) is 0.833. The highest BCUT2D eigenvalue weighted by Crippen LogP contribution is 2.33. The highest BCUT2D eigenvalue weighted by atomic mass is 16.5. The van der Waals surface area contributed by atoms with Crippen molar-refractivity contribution in [3.8, 4) is 0 Å². The molecule has 1 amide bonds. The van der Waals surface area contributed by atoms with E-state index in [0.717, 1.165) is 31.4 Å². The van der Waals surface area contributed by atoms with E-state index in [1.807, 2.05) is 0 Å². The van der Waals surface area contributed by atoms with Gasteiger partial charge in [0.2, 0.25) is 0 Å². The number of aromatic nitrogens is 2. The van der Waals surface area contributed by atoms with Crippen molar-refractivity contribution in [3.63, 3.8) is 0 Å². The van der Waals surface area contributed by atoms with E-state index in [1.54, 1.807) is 11.1 Å². The fourth-order valence-corrected chi connectivity index (χ4v) is 3.25. The molecule has 1 atom stereocenters. The van der Waals surface area contributed by atoms with Gasteiger partial charge >= 0.3 is 0 Å². The maximum Gasteiger partial charge on any atom is 0.257 e. The smallest absolute Gasteiger partial charge is 0.257 e. The fourth-order valence-electron chi connectivity index (χ4n) is 3.25. The van der Waals surface area contributed by atoms with Crippen LogP contribution in [0.3, 0.4) is 0 Å². The first kappa shape index (κ1) is 14.3. The lowest BCUT2D eigenvalue weighted by Crippen LogP contribution is -2.53. The predicted octanol–water partition coefficient (Wildman–Crippen LogP) is 1.33. The Bertz CT molecular complexity index is 546. The molecule has 2 fully saturated rings.